The number of nitrogens with zero attached hydrogens (tertiary/aromatic N) is 3. The molecule has 1 unspecified atom stereocenters. The summed E-state index contributed by atoms with van der Waals surface area (Å²) in [4.78, 5) is 14.9. The number of nitrogens with two attached hydrogens (primary N) is 1. The fourth-order valence-electron chi connectivity index (χ4n) is 2.05. The number of hydrogen-bond acceptors (Lipinski definition) is 6. The van der Waals surface area contributed by atoms with Crippen molar-refractivity contribution in [3.63, 3.8) is 0 Å². The van der Waals surface area contributed by atoms with Crippen LogP contribution in [-0.4, -0.2) is 45.8 Å². The maximum absolute atomic E-state index is 12.4. The minimum atomic E-state index is -0.580. The van der Waals surface area contributed by atoms with Crippen molar-refractivity contribution < 1.29 is 9.90 Å². The van der Waals surface area contributed by atoms with Crippen LogP contribution in [0, 0.1) is 13.8 Å². The average molecular weight is 294 g/mol. The van der Waals surface area contributed by atoms with Gasteiger partial charge in [-0.3, -0.25) is 4.79 Å². The van der Waals surface area contributed by atoms with Gasteiger partial charge in [-0.05, 0) is 26.3 Å². The highest BCUT2D eigenvalue weighted by atomic mass is 32.1. The quantitative estimate of drug-likeness (QED) is 0.891. The first-order valence-corrected chi connectivity index (χ1v) is 7.10. The molecule has 0 radical (unpaired) electrons. The summed E-state index contributed by atoms with van der Waals surface area (Å²) in [5.74, 6) is -0.205. The molecule has 2 rings (SSSR count). The highest BCUT2D eigenvalue weighted by molar-refractivity contribution is 7.21. The molecule has 0 fully saturated rings. The number of aromatic nitrogens is 2. The van der Waals surface area contributed by atoms with Gasteiger partial charge in [0.15, 0.2) is 0 Å². The van der Waals surface area contributed by atoms with Gasteiger partial charge >= 0.3 is 0 Å². The molecule has 0 aliphatic heterocycles. The molecule has 0 aromatic carbocycles. The van der Waals surface area contributed by atoms with Crippen LogP contribution in [0.1, 0.15) is 27.9 Å². The van der Waals surface area contributed by atoms with E-state index in [2.05, 4.69) is 10.2 Å². The molecular formula is C13H18N4O2S. The number of carbonyl (C=O) groups excluding carboxylic acids is 1. The molecule has 0 aliphatic rings. The second kappa shape index (κ2) is 5.34. The molecule has 0 saturated carbocycles. The molecule has 2 heterocycles. The summed E-state index contributed by atoms with van der Waals surface area (Å²) in [7, 11) is 1.64. The molecule has 2 aromatic heterocycles. The molecule has 1 atom stereocenters. The van der Waals surface area contributed by atoms with Crippen LogP contribution >= 0.6 is 11.3 Å². The van der Waals surface area contributed by atoms with Crippen molar-refractivity contribution in [2.24, 2.45) is 0 Å². The predicted molar refractivity (Wildman–Crippen MR) is 79.9 cm³/mol. The van der Waals surface area contributed by atoms with E-state index in [-0.39, 0.29) is 12.5 Å². The van der Waals surface area contributed by atoms with Crippen LogP contribution in [0.2, 0.25) is 0 Å². The van der Waals surface area contributed by atoms with Gasteiger partial charge < -0.3 is 15.7 Å². The Morgan fingerprint density at radius 2 is 2.10 bits per heavy atom. The summed E-state index contributed by atoms with van der Waals surface area (Å²) in [5, 5.41) is 18.3. The van der Waals surface area contributed by atoms with Crippen LogP contribution in [0.3, 0.4) is 0 Å². The molecule has 108 valence electrons. The van der Waals surface area contributed by atoms with Crippen LogP contribution in [0.15, 0.2) is 0 Å². The predicted octanol–water partition coefficient (Wildman–Crippen LogP) is 1.34. The zero-order valence-corrected chi connectivity index (χ0v) is 12.8. The van der Waals surface area contributed by atoms with Crippen LogP contribution in [0.5, 0.6) is 0 Å². The Hall–Kier alpha value is -1.73. The zero-order chi connectivity index (χ0) is 15.0. The van der Waals surface area contributed by atoms with E-state index in [1.54, 1.807) is 14.0 Å². The second-order valence-electron chi connectivity index (χ2n) is 4.97. The lowest BCUT2D eigenvalue weighted by Crippen LogP contribution is -2.32. The number of fused-ring (bicyclic) bond motifs is 1. The number of aryl methyl sites for hydroxylation is 2. The number of rotatable bonds is 3. The Balaban J connectivity index is 2.48. The Morgan fingerprint density at radius 1 is 1.45 bits per heavy atom. The van der Waals surface area contributed by atoms with Crippen LogP contribution < -0.4 is 5.73 Å². The summed E-state index contributed by atoms with van der Waals surface area (Å²) in [5.41, 5.74) is 8.31. The van der Waals surface area contributed by atoms with Crippen molar-refractivity contribution in [3.8, 4) is 0 Å². The van der Waals surface area contributed by atoms with Crippen molar-refractivity contribution in [2.75, 3.05) is 19.3 Å². The first-order chi connectivity index (χ1) is 9.32. The molecule has 0 saturated heterocycles. The summed E-state index contributed by atoms with van der Waals surface area (Å²) in [6, 6.07) is 0. The molecule has 3 N–H and O–H groups in total. The number of likely N-dealkylation sites (N-methyl/N-ethyl adjacent to an activating group) is 1. The summed E-state index contributed by atoms with van der Waals surface area (Å²) < 4.78 is 0. The molecule has 0 bridgehead atoms. The normalized spacial score (nSPS) is 12.7. The van der Waals surface area contributed by atoms with Gasteiger partial charge in [0.05, 0.1) is 17.5 Å². The molecule has 0 spiro atoms. The molecule has 2 aromatic rings. The number of carbonyl (C=O) groups is 1. The van der Waals surface area contributed by atoms with Gasteiger partial charge in [0, 0.05) is 19.0 Å². The summed E-state index contributed by atoms with van der Waals surface area (Å²) in [6.07, 6.45) is -0.580. The number of amides is 1. The Labute approximate surface area is 121 Å². The lowest BCUT2D eigenvalue weighted by molar-refractivity contribution is 0.0709. The molecule has 6 nitrogen and oxygen atoms in total. The van der Waals surface area contributed by atoms with Gasteiger partial charge in [-0.2, -0.15) is 5.10 Å². The van der Waals surface area contributed by atoms with E-state index in [1.807, 2.05) is 13.8 Å². The zero-order valence-electron chi connectivity index (χ0n) is 12.0. The topological polar surface area (TPSA) is 92.3 Å². The third-order valence-electron chi connectivity index (χ3n) is 3.21. The average Bonchev–Trinajstić information content (AvgIpc) is 2.70. The van der Waals surface area contributed by atoms with Crippen LogP contribution in [0.4, 0.5) is 5.69 Å². The van der Waals surface area contributed by atoms with Gasteiger partial charge in [-0.15, -0.1) is 16.4 Å². The number of hydrogen-bond donors (Lipinski definition) is 2. The smallest absolute Gasteiger partial charge is 0.265 e. The van der Waals surface area contributed by atoms with Gasteiger partial charge in [0.2, 0.25) is 0 Å². The maximum atomic E-state index is 12.4. The van der Waals surface area contributed by atoms with Crippen LogP contribution in [-0.2, 0) is 0 Å². The standard InChI is InChI=1S/C13H18N4O2S/c1-6(18)5-17(4)13(19)11-10(14)9-7(2)8(3)15-16-12(9)20-11/h6,18H,5,14H2,1-4H3. The minimum absolute atomic E-state index is 0.205. The van der Waals surface area contributed by atoms with Gasteiger partial charge in [-0.1, -0.05) is 0 Å². The first-order valence-electron chi connectivity index (χ1n) is 6.28. The second-order valence-corrected chi connectivity index (χ2v) is 5.97. The van der Waals surface area contributed by atoms with Crippen molar-refractivity contribution in [3.05, 3.63) is 16.1 Å². The molecule has 20 heavy (non-hydrogen) atoms. The SMILES string of the molecule is Cc1nnc2sc(C(=O)N(C)CC(C)O)c(N)c2c1C. The van der Waals surface area contributed by atoms with Crippen molar-refractivity contribution in [1.82, 2.24) is 15.1 Å². The molecule has 1 amide bonds. The minimum Gasteiger partial charge on any atom is -0.397 e. The van der Waals surface area contributed by atoms with Crippen molar-refractivity contribution >= 4 is 33.1 Å². The Bertz CT molecular complexity index is 666. The van der Waals surface area contributed by atoms with E-state index in [4.69, 9.17) is 5.73 Å². The maximum Gasteiger partial charge on any atom is 0.265 e. The van der Waals surface area contributed by atoms with E-state index in [9.17, 15) is 9.90 Å². The number of thiophene rings is 1. The number of aliphatic hydroxyl groups is 1. The highest BCUT2D eigenvalue weighted by Gasteiger charge is 2.22. The summed E-state index contributed by atoms with van der Waals surface area (Å²) >= 11 is 1.24. The monoisotopic (exact) mass is 294 g/mol. The largest absolute Gasteiger partial charge is 0.397 e. The third kappa shape index (κ3) is 2.46. The van der Waals surface area contributed by atoms with Crippen molar-refractivity contribution in [2.45, 2.75) is 26.9 Å². The lowest BCUT2D eigenvalue weighted by Gasteiger charge is -2.18. The lowest BCUT2D eigenvalue weighted by atomic mass is 10.1. The third-order valence-corrected chi connectivity index (χ3v) is 4.29. The molecule has 7 heteroatoms. The molecular weight excluding hydrogens is 276 g/mol. The van der Waals surface area contributed by atoms with E-state index >= 15 is 0 Å². The van der Waals surface area contributed by atoms with E-state index in [0.29, 0.717) is 15.4 Å². The first kappa shape index (κ1) is 14.7. The van der Waals surface area contributed by atoms with E-state index < -0.39 is 6.10 Å². The Kier molecular flexibility index (Phi) is 3.92. The summed E-state index contributed by atoms with van der Waals surface area (Å²) in [6.45, 7) is 5.68. The van der Waals surface area contributed by atoms with E-state index in [1.165, 1.54) is 16.2 Å². The van der Waals surface area contributed by atoms with Gasteiger partial charge in [0.25, 0.3) is 5.91 Å². The number of anilines is 1. The van der Waals surface area contributed by atoms with Crippen LogP contribution in [0.25, 0.3) is 10.2 Å². The van der Waals surface area contributed by atoms with Crippen molar-refractivity contribution in [1.29, 1.82) is 0 Å². The molecule has 0 aliphatic carbocycles. The number of aliphatic hydroxyl groups excluding tert-OH is 1. The number of nitrogen functional groups attached to an aromatic ring is 1. The highest BCUT2D eigenvalue weighted by Crippen LogP contribution is 2.35. The van der Waals surface area contributed by atoms with E-state index in [0.717, 1.165) is 16.6 Å². The van der Waals surface area contributed by atoms with Gasteiger partial charge in [0.1, 0.15) is 9.71 Å². The van der Waals surface area contributed by atoms with Gasteiger partial charge in [-0.25, -0.2) is 0 Å². The fraction of sp³-hybridized carbons (Fsp3) is 0.462. The Morgan fingerprint density at radius 3 is 2.70 bits per heavy atom. The fourth-order valence-corrected chi connectivity index (χ4v) is 3.15.